The Bertz CT molecular complexity index is 550. The molecule has 0 bridgehead atoms. The Kier molecular flexibility index (Phi) is 3.78. The highest BCUT2D eigenvalue weighted by atomic mass is 16.5. The van der Waals surface area contributed by atoms with Crippen molar-refractivity contribution >= 4 is 17.1 Å². The molecule has 18 heavy (non-hydrogen) atoms. The average molecular weight is 249 g/mol. The van der Waals surface area contributed by atoms with Gasteiger partial charge in [-0.2, -0.15) is 0 Å². The van der Waals surface area contributed by atoms with Crippen molar-refractivity contribution in [2.45, 2.75) is 13.7 Å². The third kappa shape index (κ3) is 2.98. The maximum absolute atomic E-state index is 10.2. The number of nitrogens with zero attached hydrogens (tertiary/aromatic N) is 2. The van der Waals surface area contributed by atoms with Gasteiger partial charge in [-0.3, -0.25) is 0 Å². The van der Waals surface area contributed by atoms with Crippen LogP contribution in [0.5, 0.6) is 0 Å². The van der Waals surface area contributed by atoms with Crippen LogP contribution >= 0.6 is 0 Å². The number of fused-ring (bicyclic) bond motifs is 1. The first kappa shape index (κ1) is 12.4. The van der Waals surface area contributed by atoms with Gasteiger partial charge in [0.2, 0.25) is 0 Å². The molecule has 0 aliphatic rings. The predicted molar refractivity (Wildman–Crippen MR) is 66.4 cm³/mol. The normalized spacial score (nSPS) is 10.7. The van der Waals surface area contributed by atoms with Gasteiger partial charge in [0.1, 0.15) is 6.73 Å². The van der Waals surface area contributed by atoms with Crippen LogP contribution in [0, 0.1) is 6.92 Å². The van der Waals surface area contributed by atoms with Crippen molar-refractivity contribution in [3.8, 4) is 0 Å². The molecule has 1 heterocycles. The molecule has 1 aromatic heterocycles. The zero-order chi connectivity index (χ0) is 13.0. The zero-order valence-electron chi connectivity index (χ0n) is 10.1. The van der Waals surface area contributed by atoms with E-state index in [1.165, 1.54) is 5.56 Å². The lowest BCUT2D eigenvalue weighted by atomic mass is 10.2. The molecule has 2 aromatic rings. The number of aryl methyl sites for hydroxylation is 1. The molecule has 2 rings (SSSR count). The largest absolute Gasteiger partial charge is 0.465 e. The summed E-state index contributed by atoms with van der Waals surface area (Å²) in [5, 5.41) is 10.6. The third-order valence-corrected chi connectivity index (χ3v) is 2.53. The lowest BCUT2D eigenvalue weighted by molar-refractivity contribution is 0.0809. The van der Waals surface area contributed by atoms with Crippen LogP contribution in [0.25, 0.3) is 11.0 Å². The van der Waals surface area contributed by atoms with Crippen LogP contribution in [-0.2, 0) is 11.5 Å². The van der Waals surface area contributed by atoms with E-state index in [1.807, 2.05) is 29.7 Å². The van der Waals surface area contributed by atoms with Crippen LogP contribution in [0.15, 0.2) is 24.5 Å². The number of hydrogen-bond acceptors (Lipinski definition) is 3. The quantitative estimate of drug-likeness (QED) is 0.789. The Morgan fingerprint density at radius 2 is 2.39 bits per heavy atom. The van der Waals surface area contributed by atoms with E-state index < -0.39 is 6.09 Å². The van der Waals surface area contributed by atoms with Crippen molar-refractivity contribution in [1.29, 1.82) is 0 Å². The molecule has 0 fully saturated rings. The molecule has 0 saturated carbocycles. The lowest BCUT2D eigenvalue weighted by Gasteiger charge is -2.06. The van der Waals surface area contributed by atoms with Crippen LogP contribution < -0.4 is 5.32 Å². The summed E-state index contributed by atoms with van der Waals surface area (Å²) in [6, 6.07) is 6.03. The highest BCUT2D eigenvalue weighted by Crippen LogP contribution is 2.14. The van der Waals surface area contributed by atoms with Crippen molar-refractivity contribution in [3.05, 3.63) is 30.1 Å². The molecule has 0 aliphatic carbocycles. The Hall–Kier alpha value is -2.08. The van der Waals surface area contributed by atoms with Gasteiger partial charge < -0.3 is 19.7 Å². The molecule has 0 aliphatic heterocycles. The number of benzene rings is 1. The van der Waals surface area contributed by atoms with Gasteiger partial charge in [0.15, 0.2) is 0 Å². The third-order valence-electron chi connectivity index (χ3n) is 2.53. The standard InChI is InChI=1S/C12H15N3O3/c1-9-2-3-11-10(6-9)14-7-15(11)8-18-5-4-13-12(16)17/h2-3,6-7,13H,4-5,8H2,1H3,(H,16,17). The minimum absolute atomic E-state index is 0.279. The van der Waals surface area contributed by atoms with Gasteiger partial charge in [0.05, 0.1) is 24.0 Å². The number of aromatic nitrogens is 2. The fraction of sp³-hybridized carbons (Fsp3) is 0.333. The van der Waals surface area contributed by atoms with Crippen LogP contribution in [0.4, 0.5) is 4.79 Å². The second-order valence-corrected chi connectivity index (χ2v) is 3.98. The molecular formula is C12H15N3O3. The van der Waals surface area contributed by atoms with Gasteiger partial charge >= 0.3 is 6.09 Å². The van der Waals surface area contributed by atoms with Crippen LogP contribution in [0.1, 0.15) is 5.56 Å². The summed E-state index contributed by atoms with van der Waals surface area (Å²) < 4.78 is 7.25. The van der Waals surface area contributed by atoms with Crippen molar-refractivity contribution in [1.82, 2.24) is 14.9 Å². The summed E-state index contributed by atoms with van der Waals surface area (Å²) >= 11 is 0. The molecule has 96 valence electrons. The van der Waals surface area contributed by atoms with Crippen LogP contribution in [-0.4, -0.2) is 33.9 Å². The molecule has 1 aromatic carbocycles. The van der Waals surface area contributed by atoms with E-state index in [2.05, 4.69) is 10.3 Å². The van der Waals surface area contributed by atoms with Crippen molar-refractivity contribution < 1.29 is 14.6 Å². The Labute approximate surface area is 104 Å². The Morgan fingerprint density at radius 3 is 3.17 bits per heavy atom. The number of carbonyl (C=O) groups is 1. The second-order valence-electron chi connectivity index (χ2n) is 3.98. The molecular weight excluding hydrogens is 234 g/mol. The highest BCUT2D eigenvalue weighted by molar-refractivity contribution is 5.75. The summed E-state index contributed by atoms with van der Waals surface area (Å²) in [6.45, 7) is 2.99. The van der Waals surface area contributed by atoms with Gasteiger partial charge in [-0.15, -0.1) is 0 Å². The number of imidazole rings is 1. The van der Waals surface area contributed by atoms with E-state index in [9.17, 15) is 4.79 Å². The Balaban J connectivity index is 1.90. The van der Waals surface area contributed by atoms with Crippen molar-refractivity contribution in [3.63, 3.8) is 0 Å². The number of nitrogens with one attached hydrogen (secondary N) is 1. The van der Waals surface area contributed by atoms with Crippen LogP contribution in [0.2, 0.25) is 0 Å². The molecule has 6 nitrogen and oxygen atoms in total. The SMILES string of the molecule is Cc1ccc2c(c1)ncn2COCCNC(=O)O. The highest BCUT2D eigenvalue weighted by Gasteiger charge is 2.02. The Morgan fingerprint density at radius 1 is 1.56 bits per heavy atom. The fourth-order valence-corrected chi connectivity index (χ4v) is 1.67. The van der Waals surface area contributed by atoms with Crippen molar-refractivity contribution in [2.24, 2.45) is 0 Å². The first-order valence-electron chi connectivity index (χ1n) is 5.63. The monoisotopic (exact) mass is 249 g/mol. The topological polar surface area (TPSA) is 76.4 Å². The maximum Gasteiger partial charge on any atom is 0.404 e. The van der Waals surface area contributed by atoms with Gasteiger partial charge in [0, 0.05) is 6.54 Å². The molecule has 0 atom stereocenters. The minimum Gasteiger partial charge on any atom is -0.465 e. The predicted octanol–water partition coefficient (Wildman–Crippen LogP) is 1.59. The summed E-state index contributed by atoms with van der Waals surface area (Å²) in [4.78, 5) is 14.5. The number of amides is 1. The lowest BCUT2D eigenvalue weighted by Crippen LogP contribution is -2.25. The summed E-state index contributed by atoms with van der Waals surface area (Å²) in [7, 11) is 0. The molecule has 0 unspecified atom stereocenters. The molecule has 0 spiro atoms. The van der Waals surface area contributed by atoms with Gasteiger partial charge in [-0.1, -0.05) is 6.07 Å². The second kappa shape index (κ2) is 5.50. The van der Waals surface area contributed by atoms with E-state index >= 15 is 0 Å². The molecule has 2 N–H and O–H groups in total. The summed E-state index contributed by atoms with van der Waals surface area (Å²) in [5.41, 5.74) is 3.10. The van der Waals surface area contributed by atoms with E-state index in [-0.39, 0.29) is 6.54 Å². The van der Waals surface area contributed by atoms with E-state index in [4.69, 9.17) is 9.84 Å². The smallest absolute Gasteiger partial charge is 0.404 e. The number of carboxylic acid groups (broad SMARTS) is 1. The van der Waals surface area contributed by atoms with E-state index in [0.29, 0.717) is 13.3 Å². The van der Waals surface area contributed by atoms with Gasteiger partial charge in [-0.05, 0) is 24.6 Å². The number of ether oxygens (including phenoxy) is 1. The molecule has 0 saturated heterocycles. The number of rotatable bonds is 5. The van der Waals surface area contributed by atoms with E-state index in [0.717, 1.165) is 11.0 Å². The minimum atomic E-state index is -1.04. The molecule has 1 amide bonds. The number of hydrogen-bond donors (Lipinski definition) is 2. The van der Waals surface area contributed by atoms with E-state index in [1.54, 1.807) is 6.33 Å². The maximum atomic E-state index is 10.2. The fourth-order valence-electron chi connectivity index (χ4n) is 1.67. The van der Waals surface area contributed by atoms with Gasteiger partial charge in [0.25, 0.3) is 0 Å². The van der Waals surface area contributed by atoms with Crippen molar-refractivity contribution in [2.75, 3.05) is 13.2 Å². The van der Waals surface area contributed by atoms with Crippen LogP contribution in [0.3, 0.4) is 0 Å². The summed E-state index contributed by atoms with van der Waals surface area (Å²) in [5.74, 6) is 0. The average Bonchev–Trinajstić information content (AvgIpc) is 2.70. The first-order valence-corrected chi connectivity index (χ1v) is 5.63. The molecule has 6 heteroatoms. The zero-order valence-corrected chi connectivity index (χ0v) is 10.1. The molecule has 0 radical (unpaired) electrons. The summed E-state index contributed by atoms with van der Waals surface area (Å²) in [6.07, 6.45) is 0.677. The van der Waals surface area contributed by atoms with Gasteiger partial charge in [-0.25, -0.2) is 9.78 Å². The first-order chi connectivity index (χ1) is 8.66.